The molecule has 0 aromatic rings. The number of hydrogen-bond donors (Lipinski definition) is 1. The Morgan fingerprint density at radius 2 is 1.50 bits per heavy atom. The van der Waals surface area contributed by atoms with E-state index < -0.39 is 5.60 Å². The van der Waals surface area contributed by atoms with Crippen molar-refractivity contribution >= 4 is 0 Å². The van der Waals surface area contributed by atoms with Gasteiger partial charge in [0.15, 0.2) is 0 Å². The molecule has 0 aliphatic carbocycles. The van der Waals surface area contributed by atoms with Crippen molar-refractivity contribution in [1.29, 1.82) is 0 Å². The lowest BCUT2D eigenvalue weighted by molar-refractivity contribution is 0.102. The van der Waals surface area contributed by atoms with Crippen LogP contribution in [0.1, 0.15) is 73.1 Å². The predicted octanol–water partition coefficient (Wildman–Crippen LogP) is 5.03. The monoisotopic (exact) mass is 282 g/mol. The summed E-state index contributed by atoms with van der Waals surface area (Å²) in [5.41, 5.74) is 1.36. The van der Waals surface area contributed by atoms with Gasteiger partial charge in [-0.15, -0.1) is 0 Å². The minimum atomic E-state index is -0.748. The van der Waals surface area contributed by atoms with E-state index in [0.29, 0.717) is 0 Å². The number of aliphatic hydroxyl groups is 1. The summed E-state index contributed by atoms with van der Waals surface area (Å²) in [4.78, 5) is 0. The van der Waals surface area contributed by atoms with Gasteiger partial charge in [-0.3, -0.25) is 0 Å². The van der Waals surface area contributed by atoms with Gasteiger partial charge < -0.3 is 9.84 Å². The molecule has 2 nitrogen and oxygen atoms in total. The molecule has 0 aliphatic heterocycles. The predicted molar refractivity (Wildman–Crippen MR) is 88.0 cm³/mol. The molecule has 0 radical (unpaired) electrons. The van der Waals surface area contributed by atoms with E-state index in [1.165, 1.54) is 6.42 Å². The Morgan fingerprint density at radius 3 is 2.00 bits per heavy atom. The minimum Gasteiger partial charge on any atom is -0.381 e. The molecule has 0 heterocycles. The maximum absolute atomic E-state index is 10.9. The van der Waals surface area contributed by atoms with Crippen molar-refractivity contribution in [2.45, 2.75) is 78.7 Å². The van der Waals surface area contributed by atoms with Crippen LogP contribution in [0.25, 0.3) is 0 Å². The van der Waals surface area contributed by atoms with Crippen LogP contribution in [0.2, 0.25) is 0 Å². The highest BCUT2D eigenvalue weighted by molar-refractivity contribution is 5.29. The van der Waals surface area contributed by atoms with Crippen LogP contribution in [-0.2, 0) is 4.74 Å². The summed E-state index contributed by atoms with van der Waals surface area (Å²) < 4.78 is 5.47. The van der Waals surface area contributed by atoms with Crippen molar-refractivity contribution in [2.75, 3.05) is 13.2 Å². The number of allylic oxidation sites excluding steroid dienone is 2. The van der Waals surface area contributed by atoms with Gasteiger partial charge >= 0.3 is 0 Å². The highest BCUT2D eigenvalue weighted by Crippen LogP contribution is 2.31. The lowest BCUT2D eigenvalue weighted by atomic mass is 9.82. The average molecular weight is 282 g/mol. The second kappa shape index (κ2) is 11.1. The summed E-state index contributed by atoms with van der Waals surface area (Å²) >= 11 is 0. The Morgan fingerprint density at radius 1 is 0.950 bits per heavy atom. The molecule has 0 aromatic heterocycles. The van der Waals surface area contributed by atoms with Gasteiger partial charge in [0.1, 0.15) is 5.60 Å². The molecule has 20 heavy (non-hydrogen) atoms. The normalized spacial score (nSPS) is 16.3. The molecule has 0 fully saturated rings. The standard InChI is InChI=1S/C18H34O2/c1-6-14-20-15-12-10-9-11-13-18(19,16(4)7-2)17(5)8-3/h7-8,19H,6,9-15H2,1-5H3/b16-7+,17-8+. The molecular weight excluding hydrogens is 248 g/mol. The first-order valence-electron chi connectivity index (χ1n) is 8.09. The summed E-state index contributed by atoms with van der Waals surface area (Å²) in [6, 6.07) is 0. The number of rotatable bonds is 11. The van der Waals surface area contributed by atoms with Crippen molar-refractivity contribution < 1.29 is 9.84 Å². The van der Waals surface area contributed by atoms with Gasteiger partial charge in [0.2, 0.25) is 0 Å². The molecule has 0 saturated carbocycles. The smallest absolute Gasteiger partial charge is 0.106 e. The van der Waals surface area contributed by atoms with Crippen molar-refractivity contribution in [1.82, 2.24) is 0 Å². The van der Waals surface area contributed by atoms with Crippen LogP contribution < -0.4 is 0 Å². The first kappa shape index (κ1) is 19.4. The summed E-state index contributed by atoms with van der Waals surface area (Å²) in [6.45, 7) is 11.9. The quantitative estimate of drug-likeness (QED) is 0.425. The Kier molecular flexibility index (Phi) is 10.8. The van der Waals surface area contributed by atoms with Crippen molar-refractivity contribution in [3.05, 3.63) is 23.3 Å². The van der Waals surface area contributed by atoms with Crippen LogP contribution in [0.3, 0.4) is 0 Å². The van der Waals surface area contributed by atoms with Crippen molar-refractivity contribution in [3.8, 4) is 0 Å². The fourth-order valence-electron chi connectivity index (χ4n) is 2.37. The molecule has 0 amide bonds. The third-order valence-electron chi connectivity index (χ3n) is 4.10. The van der Waals surface area contributed by atoms with Crippen molar-refractivity contribution in [3.63, 3.8) is 0 Å². The fraction of sp³-hybridized carbons (Fsp3) is 0.778. The summed E-state index contributed by atoms with van der Waals surface area (Å²) in [6.07, 6.45) is 10.5. The maximum atomic E-state index is 10.9. The average Bonchev–Trinajstić information content (AvgIpc) is 2.47. The molecule has 0 bridgehead atoms. The number of hydrogen-bond acceptors (Lipinski definition) is 2. The molecule has 0 saturated heterocycles. The SMILES string of the molecule is C/C=C(\C)C(O)(CCCCCCOCCC)/C(C)=C/C. The summed E-state index contributed by atoms with van der Waals surface area (Å²) in [7, 11) is 0. The third-order valence-corrected chi connectivity index (χ3v) is 4.10. The molecule has 0 unspecified atom stereocenters. The molecule has 0 aliphatic rings. The Hall–Kier alpha value is -0.600. The van der Waals surface area contributed by atoms with Crippen LogP contribution in [-0.4, -0.2) is 23.9 Å². The molecule has 0 atom stereocenters. The molecular formula is C18H34O2. The second-order valence-corrected chi connectivity index (χ2v) is 5.58. The second-order valence-electron chi connectivity index (χ2n) is 5.58. The Bertz CT molecular complexity index is 285. The molecule has 0 spiro atoms. The molecule has 2 heteroatoms. The van der Waals surface area contributed by atoms with Gasteiger partial charge in [0.25, 0.3) is 0 Å². The van der Waals surface area contributed by atoms with Crippen LogP contribution in [0.15, 0.2) is 23.3 Å². The van der Waals surface area contributed by atoms with Crippen LogP contribution in [0.4, 0.5) is 0 Å². The van der Waals surface area contributed by atoms with E-state index in [9.17, 15) is 5.11 Å². The molecule has 0 aromatic carbocycles. The van der Waals surface area contributed by atoms with Gasteiger partial charge in [-0.1, -0.05) is 31.9 Å². The number of unbranched alkanes of at least 4 members (excludes halogenated alkanes) is 3. The van der Waals surface area contributed by atoms with E-state index in [-0.39, 0.29) is 0 Å². The zero-order valence-electron chi connectivity index (χ0n) is 14.2. The van der Waals surface area contributed by atoms with E-state index in [1.807, 2.05) is 39.8 Å². The zero-order valence-corrected chi connectivity index (χ0v) is 14.2. The van der Waals surface area contributed by atoms with Gasteiger partial charge in [0.05, 0.1) is 0 Å². The van der Waals surface area contributed by atoms with E-state index in [4.69, 9.17) is 4.74 Å². The van der Waals surface area contributed by atoms with E-state index in [0.717, 1.165) is 56.5 Å². The van der Waals surface area contributed by atoms with Crippen LogP contribution in [0, 0.1) is 0 Å². The van der Waals surface area contributed by atoms with Crippen LogP contribution >= 0.6 is 0 Å². The van der Waals surface area contributed by atoms with E-state index in [1.54, 1.807) is 0 Å². The van der Waals surface area contributed by atoms with Crippen molar-refractivity contribution in [2.24, 2.45) is 0 Å². The Labute approximate surface area is 125 Å². The van der Waals surface area contributed by atoms with Gasteiger partial charge in [-0.25, -0.2) is 0 Å². The minimum absolute atomic E-state index is 0.748. The highest BCUT2D eigenvalue weighted by atomic mass is 16.5. The van der Waals surface area contributed by atoms with Gasteiger partial charge in [-0.05, 0) is 64.5 Å². The van der Waals surface area contributed by atoms with E-state index in [2.05, 4.69) is 6.92 Å². The topological polar surface area (TPSA) is 29.5 Å². The Balaban J connectivity index is 4.06. The number of ether oxygens (including phenoxy) is 1. The van der Waals surface area contributed by atoms with Crippen LogP contribution in [0.5, 0.6) is 0 Å². The molecule has 118 valence electrons. The molecule has 0 rings (SSSR count). The zero-order chi connectivity index (χ0) is 15.4. The largest absolute Gasteiger partial charge is 0.381 e. The highest BCUT2D eigenvalue weighted by Gasteiger charge is 2.29. The fourth-order valence-corrected chi connectivity index (χ4v) is 2.37. The van der Waals surface area contributed by atoms with Gasteiger partial charge in [0, 0.05) is 13.2 Å². The van der Waals surface area contributed by atoms with E-state index >= 15 is 0 Å². The van der Waals surface area contributed by atoms with Gasteiger partial charge in [-0.2, -0.15) is 0 Å². The third kappa shape index (κ3) is 6.71. The lowest BCUT2D eigenvalue weighted by Crippen LogP contribution is -2.31. The first-order valence-corrected chi connectivity index (χ1v) is 8.09. The lowest BCUT2D eigenvalue weighted by Gasteiger charge is -2.30. The maximum Gasteiger partial charge on any atom is 0.106 e. The molecule has 1 N–H and O–H groups in total. The summed E-state index contributed by atoms with van der Waals surface area (Å²) in [5, 5.41) is 10.9. The first-order chi connectivity index (χ1) is 9.52. The summed E-state index contributed by atoms with van der Waals surface area (Å²) in [5.74, 6) is 0.